The smallest absolute Gasteiger partial charge is 0.241 e. The van der Waals surface area contributed by atoms with Crippen molar-refractivity contribution in [1.29, 1.82) is 0 Å². The maximum atomic E-state index is 5.65. The Morgan fingerprint density at radius 1 is 1.29 bits per heavy atom. The van der Waals surface area contributed by atoms with E-state index < -0.39 is 8.32 Å². The van der Waals surface area contributed by atoms with Crippen molar-refractivity contribution in [2.75, 3.05) is 13.2 Å². The lowest BCUT2D eigenvalue weighted by atomic mass is 10.2. The first-order valence-electron chi connectivity index (χ1n) is 5.22. The lowest BCUT2D eigenvalue weighted by Crippen LogP contribution is -2.22. The molecule has 0 bridgehead atoms. The van der Waals surface area contributed by atoms with E-state index in [0.717, 1.165) is 12.2 Å². The monoisotopic (exact) mass is 216 g/mol. The largest absolute Gasteiger partial charge is 0.550 e. The van der Waals surface area contributed by atoms with Crippen molar-refractivity contribution in [1.82, 2.24) is 0 Å². The Morgan fingerprint density at radius 3 is 2.29 bits per heavy atom. The van der Waals surface area contributed by atoms with Crippen LogP contribution in [0.4, 0.5) is 0 Å². The molecular weight excluding hydrogens is 192 g/mol. The van der Waals surface area contributed by atoms with E-state index >= 15 is 0 Å². The zero-order valence-electron chi connectivity index (χ0n) is 10.4. The van der Waals surface area contributed by atoms with Crippen molar-refractivity contribution >= 4 is 8.32 Å². The maximum absolute atomic E-state index is 5.65. The molecular formula is C11H24O2Si. The molecule has 0 aromatic rings. The Hall–Kier alpha value is -0.283. The van der Waals surface area contributed by atoms with Gasteiger partial charge in [0.05, 0.1) is 12.9 Å². The molecule has 0 aliphatic rings. The van der Waals surface area contributed by atoms with Gasteiger partial charge in [-0.3, -0.25) is 0 Å². The predicted molar refractivity (Wildman–Crippen MR) is 63.8 cm³/mol. The highest BCUT2D eigenvalue weighted by atomic mass is 28.4. The van der Waals surface area contributed by atoms with E-state index in [1.807, 2.05) is 13.2 Å². The molecule has 3 heteroatoms. The second-order valence-electron chi connectivity index (χ2n) is 5.10. The molecule has 0 saturated heterocycles. The van der Waals surface area contributed by atoms with E-state index in [1.165, 1.54) is 0 Å². The van der Waals surface area contributed by atoms with Crippen LogP contribution >= 0.6 is 0 Å². The molecule has 0 saturated carbocycles. The molecule has 0 atom stereocenters. The molecule has 0 spiro atoms. The van der Waals surface area contributed by atoms with Gasteiger partial charge in [-0.1, -0.05) is 13.8 Å². The molecule has 0 amide bonds. The highest BCUT2D eigenvalue weighted by Gasteiger charge is 2.13. The minimum absolute atomic E-state index is 0.598. The fourth-order valence-electron chi connectivity index (χ4n) is 0.767. The highest BCUT2D eigenvalue weighted by molar-refractivity contribution is 6.69. The van der Waals surface area contributed by atoms with Crippen LogP contribution in [0.5, 0.6) is 0 Å². The Labute approximate surface area is 89.4 Å². The van der Waals surface area contributed by atoms with Crippen LogP contribution < -0.4 is 0 Å². The number of hydrogen-bond acceptors (Lipinski definition) is 2. The van der Waals surface area contributed by atoms with Gasteiger partial charge in [0.25, 0.3) is 0 Å². The molecule has 0 aromatic heterocycles. The molecule has 0 aliphatic heterocycles. The van der Waals surface area contributed by atoms with Gasteiger partial charge in [-0.15, -0.1) is 0 Å². The number of hydrogen-bond donors (Lipinski definition) is 0. The molecule has 0 rings (SSSR count). The Morgan fingerprint density at radius 2 is 1.86 bits per heavy atom. The van der Waals surface area contributed by atoms with Crippen molar-refractivity contribution in [3.8, 4) is 0 Å². The number of rotatable bonds is 6. The highest BCUT2D eigenvalue weighted by Crippen LogP contribution is 2.06. The van der Waals surface area contributed by atoms with E-state index in [1.54, 1.807) is 0 Å². The lowest BCUT2D eigenvalue weighted by molar-refractivity contribution is 0.128. The van der Waals surface area contributed by atoms with Gasteiger partial charge in [-0.25, -0.2) is 0 Å². The van der Waals surface area contributed by atoms with Gasteiger partial charge in [-0.2, -0.15) is 0 Å². The summed E-state index contributed by atoms with van der Waals surface area (Å²) < 4.78 is 11.1. The first kappa shape index (κ1) is 13.7. The summed E-state index contributed by atoms with van der Waals surface area (Å²) in [5.74, 6) is 0.598. The SMILES string of the molecule is CC(=CO[Si](C)(C)C)COCC(C)C. The van der Waals surface area contributed by atoms with Crippen LogP contribution in [-0.2, 0) is 9.16 Å². The maximum Gasteiger partial charge on any atom is 0.241 e. The summed E-state index contributed by atoms with van der Waals surface area (Å²) in [6.45, 7) is 14.4. The Balaban J connectivity index is 3.68. The van der Waals surface area contributed by atoms with Crippen molar-refractivity contribution in [2.24, 2.45) is 5.92 Å². The van der Waals surface area contributed by atoms with E-state index in [2.05, 4.69) is 33.5 Å². The molecule has 0 aromatic carbocycles. The predicted octanol–water partition coefficient (Wildman–Crippen LogP) is 3.41. The molecule has 0 N–H and O–H groups in total. The van der Waals surface area contributed by atoms with Crippen LogP contribution in [0.2, 0.25) is 19.6 Å². The standard InChI is InChI=1S/C11H24O2Si/c1-10(2)7-12-8-11(3)9-13-14(4,5)6/h9-10H,7-8H2,1-6H3. The van der Waals surface area contributed by atoms with Crippen LogP contribution in [0, 0.1) is 5.92 Å². The summed E-state index contributed by atoms with van der Waals surface area (Å²) in [6, 6.07) is 0. The third-order valence-corrected chi connectivity index (χ3v) is 2.22. The second kappa shape index (κ2) is 6.25. The lowest BCUT2D eigenvalue weighted by Gasteiger charge is -2.16. The third-order valence-electron chi connectivity index (χ3n) is 1.39. The first-order chi connectivity index (χ1) is 6.31. The fourth-order valence-corrected chi connectivity index (χ4v) is 1.32. The molecule has 0 aliphatic carbocycles. The van der Waals surface area contributed by atoms with E-state index in [4.69, 9.17) is 9.16 Å². The van der Waals surface area contributed by atoms with Gasteiger partial charge in [0.1, 0.15) is 0 Å². The van der Waals surface area contributed by atoms with Crippen LogP contribution in [0.3, 0.4) is 0 Å². The van der Waals surface area contributed by atoms with Gasteiger partial charge >= 0.3 is 0 Å². The summed E-state index contributed by atoms with van der Waals surface area (Å²) in [5, 5.41) is 0. The second-order valence-corrected chi connectivity index (χ2v) is 9.56. The summed E-state index contributed by atoms with van der Waals surface area (Å²) in [5.41, 5.74) is 1.16. The third kappa shape index (κ3) is 9.80. The van der Waals surface area contributed by atoms with Crippen molar-refractivity contribution < 1.29 is 9.16 Å². The fraction of sp³-hybridized carbons (Fsp3) is 0.818. The quantitative estimate of drug-likeness (QED) is 0.500. The van der Waals surface area contributed by atoms with Crippen molar-refractivity contribution in [2.45, 2.75) is 40.4 Å². The van der Waals surface area contributed by atoms with E-state index in [0.29, 0.717) is 12.5 Å². The molecule has 84 valence electrons. The normalized spacial score (nSPS) is 13.5. The van der Waals surface area contributed by atoms with Gasteiger partial charge < -0.3 is 9.16 Å². The average molecular weight is 216 g/mol. The van der Waals surface area contributed by atoms with E-state index in [-0.39, 0.29) is 0 Å². The Bertz CT molecular complexity index is 180. The van der Waals surface area contributed by atoms with Crippen molar-refractivity contribution in [3.05, 3.63) is 11.8 Å². The molecule has 14 heavy (non-hydrogen) atoms. The molecule has 2 nitrogen and oxygen atoms in total. The minimum Gasteiger partial charge on any atom is -0.550 e. The van der Waals surface area contributed by atoms with Crippen LogP contribution in [-0.4, -0.2) is 21.5 Å². The van der Waals surface area contributed by atoms with Crippen LogP contribution in [0.25, 0.3) is 0 Å². The summed E-state index contributed by atoms with van der Waals surface area (Å²) in [4.78, 5) is 0. The summed E-state index contributed by atoms with van der Waals surface area (Å²) >= 11 is 0. The first-order valence-corrected chi connectivity index (χ1v) is 8.63. The zero-order chi connectivity index (χ0) is 11.2. The summed E-state index contributed by atoms with van der Waals surface area (Å²) in [7, 11) is -1.41. The Kier molecular flexibility index (Phi) is 6.12. The van der Waals surface area contributed by atoms with Gasteiger partial charge in [0, 0.05) is 6.61 Å². The summed E-state index contributed by atoms with van der Waals surface area (Å²) in [6.07, 6.45) is 1.85. The molecule has 0 fully saturated rings. The molecule has 0 heterocycles. The van der Waals surface area contributed by atoms with Crippen LogP contribution in [0.1, 0.15) is 20.8 Å². The van der Waals surface area contributed by atoms with Gasteiger partial charge in [-0.05, 0) is 38.1 Å². The van der Waals surface area contributed by atoms with Crippen LogP contribution in [0.15, 0.2) is 11.8 Å². The molecule has 0 unspecified atom stereocenters. The average Bonchev–Trinajstić information content (AvgIpc) is 1.99. The molecule has 0 radical (unpaired) electrons. The minimum atomic E-state index is -1.41. The number of ether oxygens (including phenoxy) is 1. The van der Waals surface area contributed by atoms with Gasteiger partial charge in [0.2, 0.25) is 8.32 Å². The zero-order valence-corrected chi connectivity index (χ0v) is 11.4. The topological polar surface area (TPSA) is 18.5 Å². The van der Waals surface area contributed by atoms with Crippen molar-refractivity contribution in [3.63, 3.8) is 0 Å². The van der Waals surface area contributed by atoms with Gasteiger partial charge in [0.15, 0.2) is 0 Å². The van der Waals surface area contributed by atoms with E-state index in [9.17, 15) is 0 Å².